The highest BCUT2D eigenvalue weighted by Crippen LogP contribution is 2.01. The van der Waals surface area contributed by atoms with Gasteiger partial charge in [-0.25, -0.2) is 0 Å². The molecular formula is C4H4N4OS. The first-order valence-electron chi connectivity index (χ1n) is 2.43. The minimum atomic E-state index is 0.258. The molecule has 0 amide bonds. The van der Waals surface area contributed by atoms with Gasteiger partial charge in [0.15, 0.2) is 5.94 Å². The molecule has 6 heteroatoms. The number of aromatic nitrogens is 3. The van der Waals surface area contributed by atoms with Crippen molar-refractivity contribution >= 4 is 11.8 Å². The Morgan fingerprint density at radius 1 is 1.90 bits per heavy atom. The molecule has 0 atom stereocenters. The molecule has 1 rings (SSSR count). The molecule has 0 fully saturated rings. The van der Waals surface area contributed by atoms with Crippen LogP contribution in [-0.2, 0) is 0 Å². The highest BCUT2D eigenvalue weighted by molar-refractivity contribution is 8.03. The number of nitrogens with one attached hydrogen (secondary N) is 1. The Hall–Kier alpha value is -1.22. The van der Waals surface area contributed by atoms with Gasteiger partial charge in [0.1, 0.15) is 11.7 Å². The fraction of sp³-hybridized carbons (Fsp3) is 0.250. The Bertz CT molecular complexity index is 216. The molecule has 0 bridgehead atoms. The number of H-pyrrole nitrogens is 1. The molecule has 0 saturated carbocycles. The van der Waals surface area contributed by atoms with E-state index in [0.29, 0.717) is 0 Å². The zero-order valence-electron chi connectivity index (χ0n) is 4.94. The Labute approximate surface area is 61.4 Å². The average Bonchev–Trinajstić information content (AvgIpc) is 2.41. The largest absolute Gasteiger partial charge is 0.450 e. The summed E-state index contributed by atoms with van der Waals surface area (Å²) in [5.74, 6) is 0.258. The summed E-state index contributed by atoms with van der Waals surface area (Å²) in [6, 6.07) is 0.266. The van der Waals surface area contributed by atoms with Crippen molar-refractivity contribution in [3.8, 4) is 11.4 Å². The van der Waals surface area contributed by atoms with Crippen LogP contribution in [0.5, 0.6) is 6.01 Å². The van der Waals surface area contributed by atoms with Crippen molar-refractivity contribution in [2.45, 2.75) is 0 Å². The van der Waals surface area contributed by atoms with Crippen molar-refractivity contribution in [1.29, 1.82) is 5.26 Å². The van der Waals surface area contributed by atoms with E-state index in [0.717, 1.165) is 11.8 Å². The van der Waals surface area contributed by atoms with Crippen molar-refractivity contribution in [2.24, 2.45) is 0 Å². The Morgan fingerprint density at radius 2 is 2.80 bits per heavy atom. The molecular weight excluding hydrogens is 152 g/mol. The van der Waals surface area contributed by atoms with Gasteiger partial charge in [-0.3, -0.25) is 5.10 Å². The van der Waals surface area contributed by atoms with Gasteiger partial charge in [-0.15, -0.1) is 5.10 Å². The number of rotatable bonds is 3. The molecule has 0 radical (unpaired) electrons. The van der Waals surface area contributed by atoms with Crippen LogP contribution in [0.25, 0.3) is 0 Å². The highest BCUT2D eigenvalue weighted by Gasteiger charge is 1.94. The molecule has 1 aromatic heterocycles. The average molecular weight is 156 g/mol. The summed E-state index contributed by atoms with van der Waals surface area (Å²) < 4.78 is 4.87. The second-order valence-corrected chi connectivity index (χ2v) is 1.99. The molecule has 1 heterocycles. The number of ether oxygens (including phenoxy) is 1. The lowest BCUT2D eigenvalue weighted by atomic mass is 11.2. The number of thioether (sulfide) groups is 1. The lowest BCUT2D eigenvalue weighted by Gasteiger charge is -1.92. The van der Waals surface area contributed by atoms with Crippen LogP contribution in [-0.4, -0.2) is 21.1 Å². The highest BCUT2D eigenvalue weighted by atomic mass is 32.2. The summed E-state index contributed by atoms with van der Waals surface area (Å²) >= 11 is 0.996. The van der Waals surface area contributed by atoms with Crippen LogP contribution in [0.4, 0.5) is 0 Å². The second kappa shape index (κ2) is 3.74. The molecule has 0 aliphatic heterocycles. The van der Waals surface area contributed by atoms with Crippen molar-refractivity contribution in [3.63, 3.8) is 0 Å². The number of aromatic amines is 1. The van der Waals surface area contributed by atoms with Crippen molar-refractivity contribution in [2.75, 3.05) is 5.94 Å². The van der Waals surface area contributed by atoms with E-state index < -0.39 is 0 Å². The van der Waals surface area contributed by atoms with Crippen LogP contribution < -0.4 is 4.74 Å². The molecule has 1 aromatic rings. The monoisotopic (exact) mass is 156 g/mol. The molecule has 10 heavy (non-hydrogen) atoms. The summed E-state index contributed by atoms with van der Waals surface area (Å²) in [4.78, 5) is 3.68. The molecule has 0 aromatic carbocycles. The quantitative estimate of drug-likeness (QED) is 0.388. The fourth-order valence-corrected chi connectivity index (χ4v) is 0.592. The Morgan fingerprint density at radius 3 is 3.40 bits per heavy atom. The van der Waals surface area contributed by atoms with E-state index in [-0.39, 0.29) is 11.9 Å². The fourth-order valence-electron chi connectivity index (χ4n) is 0.375. The van der Waals surface area contributed by atoms with E-state index in [1.54, 1.807) is 0 Å². The van der Waals surface area contributed by atoms with Crippen LogP contribution in [0.15, 0.2) is 6.33 Å². The van der Waals surface area contributed by atoms with Gasteiger partial charge in [-0.05, 0) is 11.8 Å². The summed E-state index contributed by atoms with van der Waals surface area (Å²) in [5, 5.41) is 16.0. The van der Waals surface area contributed by atoms with E-state index in [2.05, 4.69) is 15.2 Å². The number of thiocyanates is 1. The summed E-state index contributed by atoms with van der Waals surface area (Å²) in [6.07, 6.45) is 1.41. The minimum Gasteiger partial charge on any atom is -0.450 e. The third-order valence-electron chi connectivity index (χ3n) is 0.704. The number of hydrogen-bond donors (Lipinski definition) is 1. The van der Waals surface area contributed by atoms with Gasteiger partial charge in [0.2, 0.25) is 0 Å². The van der Waals surface area contributed by atoms with Gasteiger partial charge in [0.25, 0.3) is 0 Å². The van der Waals surface area contributed by atoms with E-state index in [1.165, 1.54) is 6.33 Å². The van der Waals surface area contributed by atoms with E-state index in [4.69, 9.17) is 10.00 Å². The van der Waals surface area contributed by atoms with Crippen molar-refractivity contribution in [3.05, 3.63) is 6.33 Å². The second-order valence-electron chi connectivity index (χ2n) is 1.28. The first-order valence-corrected chi connectivity index (χ1v) is 3.41. The first kappa shape index (κ1) is 6.89. The first-order chi connectivity index (χ1) is 4.93. The molecule has 0 unspecified atom stereocenters. The van der Waals surface area contributed by atoms with Gasteiger partial charge in [0.05, 0.1) is 0 Å². The van der Waals surface area contributed by atoms with Crippen molar-refractivity contribution < 1.29 is 4.74 Å². The van der Waals surface area contributed by atoms with Crippen molar-refractivity contribution in [1.82, 2.24) is 15.2 Å². The smallest absolute Gasteiger partial charge is 0.336 e. The molecule has 1 N–H and O–H groups in total. The zero-order valence-corrected chi connectivity index (χ0v) is 5.76. The van der Waals surface area contributed by atoms with Gasteiger partial charge in [-0.2, -0.15) is 10.2 Å². The summed E-state index contributed by atoms with van der Waals surface area (Å²) in [7, 11) is 0. The molecule has 0 saturated heterocycles. The molecule has 0 aliphatic carbocycles. The molecule has 52 valence electrons. The minimum absolute atomic E-state index is 0.258. The van der Waals surface area contributed by atoms with Crippen LogP contribution in [0, 0.1) is 10.7 Å². The lowest BCUT2D eigenvalue weighted by molar-refractivity contribution is 0.362. The summed E-state index contributed by atoms with van der Waals surface area (Å²) in [6.45, 7) is 0. The number of nitriles is 1. The number of hydrogen-bond acceptors (Lipinski definition) is 5. The van der Waals surface area contributed by atoms with Gasteiger partial charge in [0, 0.05) is 0 Å². The predicted octanol–water partition coefficient (Wildman–Crippen LogP) is 0.355. The standard InChI is InChI=1S/C4H4N4OS/c5-1-10-3-9-4-6-2-7-8-4/h2H,3H2,(H,6,7,8). The van der Waals surface area contributed by atoms with Gasteiger partial charge in [-0.1, -0.05) is 0 Å². The van der Waals surface area contributed by atoms with Crippen LogP contribution in [0.1, 0.15) is 0 Å². The topological polar surface area (TPSA) is 74.6 Å². The van der Waals surface area contributed by atoms with E-state index >= 15 is 0 Å². The van der Waals surface area contributed by atoms with Crippen LogP contribution in [0.2, 0.25) is 0 Å². The van der Waals surface area contributed by atoms with Crippen LogP contribution in [0.3, 0.4) is 0 Å². The van der Waals surface area contributed by atoms with E-state index in [1.807, 2.05) is 5.40 Å². The van der Waals surface area contributed by atoms with Gasteiger partial charge < -0.3 is 4.74 Å². The van der Waals surface area contributed by atoms with Gasteiger partial charge >= 0.3 is 6.01 Å². The molecule has 0 spiro atoms. The van der Waals surface area contributed by atoms with E-state index in [9.17, 15) is 0 Å². The zero-order chi connectivity index (χ0) is 7.23. The normalized spacial score (nSPS) is 8.70. The maximum absolute atomic E-state index is 8.08. The third-order valence-corrected chi connectivity index (χ3v) is 1.07. The SMILES string of the molecule is N#CSCOc1nc[nH]n1. The maximum atomic E-state index is 8.08. The summed E-state index contributed by atoms with van der Waals surface area (Å²) in [5.41, 5.74) is 0. The maximum Gasteiger partial charge on any atom is 0.336 e. The molecule has 0 aliphatic rings. The molecule has 5 nitrogen and oxygen atoms in total. The number of nitrogens with zero attached hydrogens (tertiary/aromatic N) is 3. The lowest BCUT2D eigenvalue weighted by Crippen LogP contribution is -1.92. The predicted molar refractivity (Wildman–Crippen MR) is 35.1 cm³/mol. The Balaban J connectivity index is 2.23. The van der Waals surface area contributed by atoms with Crippen LogP contribution >= 0.6 is 11.8 Å². The third kappa shape index (κ3) is 1.95. The Kier molecular flexibility index (Phi) is 2.58.